The summed E-state index contributed by atoms with van der Waals surface area (Å²) in [7, 11) is 0. The van der Waals surface area contributed by atoms with Gasteiger partial charge in [-0.3, -0.25) is 19.2 Å². The second-order valence-corrected chi connectivity index (χ2v) is 9.51. The van der Waals surface area contributed by atoms with Crippen molar-refractivity contribution >= 4 is 46.7 Å². The summed E-state index contributed by atoms with van der Waals surface area (Å²) in [5.41, 5.74) is 1.42. The molecule has 0 aromatic heterocycles. The van der Waals surface area contributed by atoms with Crippen LogP contribution in [0.5, 0.6) is 0 Å². The van der Waals surface area contributed by atoms with E-state index in [9.17, 15) is 19.2 Å². The van der Waals surface area contributed by atoms with Gasteiger partial charge in [0, 0.05) is 10.6 Å². The summed E-state index contributed by atoms with van der Waals surface area (Å²) >= 11 is 12.3. The van der Waals surface area contributed by atoms with E-state index in [0.717, 1.165) is 28.4 Å². The molecule has 1 heterocycles. The molecule has 0 bridgehead atoms. The Morgan fingerprint density at radius 2 is 1.55 bits per heavy atom. The van der Waals surface area contributed by atoms with Crippen LogP contribution in [-0.4, -0.2) is 39.6 Å². The number of Topliss-reactive ketones (excluding diaryl/α,β-unsaturated/α-hetero) is 1. The first-order valence-electron chi connectivity index (χ1n) is 11.0. The lowest BCUT2D eigenvalue weighted by molar-refractivity contribution is -0.156. The fourth-order valence-electron chi connectivity index (χ4n) is 4.65. The maximum atomic E-state index is 13.7. The van der Waals surface area contributed by atoms with E-state index in [1.165, 1.54) is 25.1 Å². The second kappa shape index (κ2) is 9.27. The van der Waals surface area contributed by atoms with Crippen molar-refractivity contribution in [3.63, 3.8) is 0 Å². The number of halogens is 2. The number of nitrogens with zero attached hydrogens (tertiary/aromatic N) is 2. The number of hydrogen-bond acceptors (Lipinski definition) is 4. The molecule has 3 amide bonds. The summed E-state index contributed by atoms with van der Waals surface area (Å²) in [6.07, 6.45) is 2.89. The minimum absolute atomic E-state index is 0.0556. The molecule has 0 radical (unpaired) electrons. The number of rotatable bonds is 5. The fraction of sp³-hybridized carbons (Fsp3) is 0.360. The minimum Gasteiger partial charge on any atom is -0.292 e. The van der Waals surface area contributed by atoms with Gasteiger partial charge in [0.15, 0.2) is 5.78 Å². The highest BCUT2D eigenvalue weighted by Gasteiger charge is 2.53. The van der Waals surface area contributed by atoms with E-state index >= 15 is 0 Å². The maximum absolute atomic E-state index is 13.7. The minimum atomic E-state index is -1.11. The lowest BCUT2D eigenvalue weighted by Gasteiger charge is -2.35. The van der Waals surface area contributed by atoms with Crippen molar-refractivity contribution < 1.29 is 19.2 Å². The highest BCUT2D eigenvalue weighted by atomic mass is 35.5. The molecule has 1 saturated heterocycles. The molecule has 172 valence electrons. The Labute approximate surface area is 202 Å². The van der Waals surface area contributed by atoms with Gasteiger partial charge >= 0.3 is 0 Å². The molecule has 6 nitrogen and oxygen atoms in total. The van der Waals surface area contributed by atoms with Crippen molar-refractivity contribution in [2.75, 3.05) is 0 Å². The summed E-state index contributed by atoms with van der Waals surface area (Å²) in [5.74, 6) is -2.90. The predicted molar refractivity (Wildman–Crippen MR) is 125 cm³/mol. The maximum Gasteiger partial charge on any atom is 0.275 e. The van der Waals surface area contributed by atoms with E-state index in [2.05, 4.69) is 0 Å². The van der Waals surface area contributed by atoms with E-state index in [-0.39, 0.29) is 16.4 Å². The number of hydrazine groups is 1. The lowest BCUT2D eigenvalue weighted by Crippen LogP contribution is -2.56. The third kappa shape index (κ3) is 4.30. The molecule has 4 rings (SSSR count). The SMILES string of the molecule is Cc1ccc(C(=O)[C@H](C)N(C(=O)c2ccc(Cl)cc2Cl)N2C(=O)[C@H]3CCCC[C@@H]3C2=O)cc1. The van der Waals surface area contributed by atoms with Crippen LogP contribution < -0.4 is 0 Å². The molecule has 2 fully saturated rings. The largest absolute Gasteiger partial charge is 0.292 e. The van der Waals surface area contributed by atoms with Crippen molar-refractivity contribution in [2.45, 2.75) is 45.6 Å². The molecule has 2 aromatic carbocycles. The lowest BCUT2D eigenvalue weighted by atomic mass is 9.81. The molecule has 0 N–H and O–H groups in total. The molecule has 8 heteroatoms. The van der Waals surface area contributed by atoms with Crippen molar-refractivity contribution in [3.05, 3.63) is 69.2 Å². The Hall–Kier alpha value is -2.70. The van der Waals surface area contributed by atoms with Gasteiger partial charge in [-0.1, -0.05) is 65.9 Å². The quantitative estimate of drug-likeness (QED) is 0.434. The first-order chi connectivity index (χ1) is 15.7. The fourth-order valence-corrected chi connectivity index (χ4v) is 5.14. The van der Waals surface area contributed by atoms with Crippen LogP contribution in [-0.2, 0) is 9.59 Å². The Bertz CT molecular complexity index is 1110. The van der Waals surface area contributed by atoms with Crippen molar-refractivity contribution in [3.8, 4) is 0 Å². The van der Waals surface area contributed by atoms with Crippen LogP contribution >= 0.6 is 23.2 Å². The third-order valence-corrected chi connectivity index (χ3v) is 7.03. The second-order valence-electron chi connectivity index (χ2n) is 8.67. The van der Waals surface area contributed by atoms with E-state index < -0.39 is 35.6 Å². The highest BCUT2D eigenvalue weighted by molar-refractivity contribution is 6.36. The van der Waals surface area contributed by atoms with Gasteiger partial charge in [-0.15, -0.1) is 0 Å². The van der Waals surface area contributed by atoms with Crippen LogP contribution in [0.25, 0.3) is 0 Å². The molecular weight excluding hydrogens is 463 g/mol. The Morgan fingerprint density at radius 1 is 0.970 bits per heavy atom. The van der Waals surface area contributed by atoms with Gasteiger partial charge in [0.1, 0.15) is 6.04 Å². The van der Waals surface area contributed by atoms with Crippen molar-refractivity contribution in [2.24, 2.45) is 11.8 Å². The summed E-state index contributed by atoms with van der Waals surface area (Å²) in [4.78, 5) is 53.7. The molecular formula is C25H24Cl2N2O4. The molecule has 33 heavy (non-hydrogen) atoms. The van der Waals surface area contributed by atoms with Crippen LogP contribution in [0, 0.1) is 18.8 Å². The van der Waals surface area contributed by atoms with Crippen LogP contribution in [0.2, 0.25) is 10.0 Å². The Balaban J connectivity index is 1.77. The van der Waals surface area contributed by atoms with Crippen LogP contribution in [0.15, 0.2) is 42.5 Å². The number of aryl methyl sites for hydroxylation is 1. The topological polar surface area (TPSA) is 74.8 Å². The van der Waals surface area contributed by atoms with Crippen LogP contribution in [0.1, 0.15) is 58.9 Å². The molecule has 0 spiro atoms. The van der Waals surface area contributed by atoms with Gasteiger partial charge < -0.3 is 0 Å². The first-order valence-corrected chi connectivity index (χ1v) is 11.7. The number of hydrogen-bond donors (Lipinski definition) is 0. The smallest absolute Gasteiger partial charge is 0.275 e. The number of imide groups is 1. The summed E-state index contributed by atoms with van der Waals surface area (Å²) in [6, 6.07) is 10.2. The number of amides is 3. The average Bonchev–Trinajstić information content (AvgIpc) is 3.04. The predicted octanol–water partition coefficient (Wildman–Crippen LogP) is 5.11. The average molecular weight is 487 g/mol. The van der Waals surface area contributed by atoms with Gasteiger partial charge in [-0.25, -0.2) is 5.01 Å². The Morgan fingerprint density at radius 3 is 2.09 bits per heavy atom. The molecule has 0 unspecified atom stereocenters. The zero-order chi connectivity index (χ0) is 23.9. The molecule has 1 aliphatic heterocycles. The summed E-state index contributed by atoms with van der Waals surface area (Å²) in [5, 5.41) is 2.29. The summed E-state index contributed by atoms with van der Waals surface area (Å²) < 4.78 is 0. The number of benzene rings is 2. The number of carbonyl (C=O) groups excluding carboxylic acids is 4. The van der Waals surface area contributed by atoms with Crippen LogP contribution in [0.3, 0.4) is 0 Å². The number of ketones is 1. The zero-order valence-corrected chi connectivity index (χ0v) is 19.9. The monoisotopic (exact) mass is 486 g/mol. The molecule has 1 saturated carbocycles. The van der Waals surface area contributed by atoms with Gasteiger partial charge in [0.05, 0.1) is 22.4 Å². The first kappa shape index (κ1) is 23.5. The highest BCUT2D eigenvalue weighted by Crippen LogP contribution is 2.40. The molecule has 1 aliphatic carbocycles. The third-order valence-electron chi connectivity index (χ3n) is 6.49. The molecule has 3 atom stereocenters. The normalized spacial score (nSPS) is 21.0. The zero-order valence-electron chi connectivity index (χ0n) is 18.4. The van der Waals surface area contributed by atoms with E-state index in [1.54, 1.807) is 24.3 Å². The molecule has 2 aliphatic rings. The van der Waals surface area contributed by atoms with E-state index in [1.807, 2.05) is 6.92 Å². The van der Waals surface area contributed by atoms with Gasteiger partial charge in [-0.05, 0) is 44.9 Å². The van der Waals surface area contributed by atoms with E-state index in [4.69, 9.17) is 23.2 Å². The van der Waals surface area contributed by atoms with Crippen molar-refractivity contribution in [1.82, 2.24) is 10.0 Å². The van der Waals surface area contributed by atoms with E-state index in [0.29, 0.717) is 23.4 Å². The van der Waals surface area contributed by atoms with Crippen LogP contribution in [0.4, 0.5) is 0 Å². The number of carbonyl (C=O) groups is 4. The van der Waals surface area contributed by atoms with Gasteiger partial charge in [0.2, 0.25) is 0 Å². The van der Waals surface area contributed by atoms with Gasteiger partial charge in [-0.2, -0.15) is 5.01 Å². The Kier molecular flexibility index (Phi) is 6.59. The standard InChI is InChI=1S/C25H24Cl2N2O4/c1-14-7-9-16(10-8-14)22(30)15(2)28(25(33)20-12-11-17(26)13-21(20)27)29-23(31)18-5-3-4-6-19(18)24(29)32/h7-13,15,18-19H,3-6H2,1-2H3/t15-,18-,19-/m0/s1. The van der Waals surface area contributed by atoms with Crippen molar-refractivity contribution in [1.29, 1.82) is 0 Å². The molecule has 2 aromatic rings. The summed E-state index contributed by atoms with van der Waals surface area (Å²) in [6.45, 7) is 3.42. The number of fused-ring (bicyclic) bond motifs is 1. The van der Waals surface area contributed by atoms with Gasteiger partial charge in [0.25, 0.3) is 17.7 Å².